The number of hydrogen-bond donors (Lipinski definition) is 1. The Labute approximate surface area is 113 Å². The van der Waals surface area contributed by atoms with Gasteiger partial charge in [-0.3, -0.25) is 9.63 Å². The first-order chi connectivity index (χ1) is 9.31. The molecule has 0 unspecified atom stereocenters. The van der Waals surface area contributed by atoms with Gasteiger partial charge < -0.3 is 0 Å². The van der Waals surface area contributed by atoms with Gasteiger partial charge >= 0.3 is 0 Å². The molecule has 2 rings (SSSR count). The lowest BCUT2D eigenvalue weighted by molar-refractivity contribution is -0.131. The maximum Gasteiger partial charge on any atom is 0.244 e. The molecule has 0 saturated carbocycles. The molecule has 0 aromatic heterocycles. The molecule has 0 aliphatic carbocycles. The number of carbonyl (C=O) groups is 1. The van der Waals surface area contributed by atoms with Gasteiger partial charge in [-0.2, -0.15) is 0 Å². The highest BCUT2D eigenvalue weighted by molar-refractivity contribution is 5.76. The van der Waals surface area contributed by atoms with E-state index in [1.165, 1.54) is 7.11 Å². The molecule has 0 spiro atoms. The van der Waals surface area contributed by atoms with Gasteiger partial charge in [0.15, 0.2) is 0 Å². The number of hydroxylamine groups is 1. The molecule has 98 valence electrons. The SMILES string of the molecule is CONC(=O)CC(c1ccccc1)c1ccccc1. The van der Waals surface area contributed by atoms with Gasteiger partial charge in [0, 0.05) is 12.3 Å². The minimum atomic E-state index is -0.125. The van der Waals surface area contributed by atoms with Gasteiger partial charge in [0.05, 0.1) is 7.11 Å². The molecule has 0 aliphatic heterocycles. The molecule has 1 N–H and O–H groups in total. The van der Waals surface area contributed by atoms with Crippen molar-refractivity contribution in [1.29, 1.82) is 0 Å². The van der Waals surface area contributed by atoms with E-state index in [9.17, 15) is 4.79 Å². The normalized spacial score (nSPS) is 10.4. The Morgan fingerprint density at radius 1 is 1.00 bits per heavy atom. The van der Waals surface area contributed by atoms with Crippen LogP contribution in [0.3, 0.4) is 0 Å². The zero-order chi connectivity index (χ0) is 13.5. The third kappa shape index (κ3) is 3.66. The standard InChI is InChI=1S/C16H17NO2/c1-19-17-16(18)12-15(13-8-4-2-5-9-13)14-10-6-3-7-11-14/h2-11,15H,12H2,1H3,(H,17,18). The van der Waals surface area contributed by atoms with E-state index >= 15 is 0 Å². The Balaban J connectivity index is 2.26. The van der Waals surface area contributed by atoms with Crippen molar-refractivity contribution in [3.05, 3.63) is 71.8 Å². The smallest absolute Gasteiger partial charge is 0.244 e. The largest absolute Gasteiger partial charge is 0.277 e. The second-order valence-corrected chi connectivity index (χ2v) is 4.31. The maximum absolute atomic E-state index is 11.8. The van der Waals surface area contributed by atoms with Crippen LogP contribution >= 0.6 is 0 Å². The summed E-state index contributed by atoms with van der Waals surface area (Å²) in [6.45, 7) is 0. The first-order valence-electron chi connectivity index (χ1n) is 6.23. The molecule has 0 saturated heterocycles. The minimum absolute atomic E-state index is 0.0394. The summed E-state index contributed by atoms with van der Waals surface area (Å²) in [6, 6.07) is 20.0. The Morgan fingerprint density at radius 3 is 1.89 bits per heavy atom. The highest BCUT2D eigenvalue weighted by Crippen LogP contribution is 2.27. The van der Waals surface area contributed by atoms with Crippen LogP contribution in [0.25, 0.3) is 0 Å². The van der Waals surface area contributed by atoms with Gasteiger partial charge in [-0.15, -0.1) is 0 Å². The van der Waals surface area contributed by atoms with E-state index in [0.29, 0.717) is 6.42 Å². The Hall–Kier alpha value is -2.13. The van der Waals surface area contributed by atoms with E-state index in [1.807, 2.05) is 60.7 Å². The van der Waals surface area contributed by atoms with Gasteiger partial charge in [0.25, 0.3) is 0 Å². The van der Waals surface area contributed by atoms with Crippen LogP contribution in [-0.2, 0) is 9.63 Å². The first-order valence-corrected chi connectivity index (χ1v) is 6.23. The van der Waals surface area contributed by atoms with E-state index in [-0.39, 0.29) is 11.8 Å². The van der Waals surface area contributed by atoms with Crippen molar-refractivity contribution in [1.82, 2.24) is 5.48 Å². The van der Waals surface area contributed by atoms with Crippen molar-refractivity contribution in [2.45, 2.75) is 12.3 Å². The van der Waals surface area contributed by atoms with E-state index in [2.05, 4.69) is 10.3 Å². The average molecular weight is 255 g/mol. The quantitative estimate of drug-likeness (QED) is 0.834. The summed E-state index contributed by atoms with van der Waals surface area (Å²) in [6.07, 6.45) is 0.363. The van der Waals surface area contributed by atoms with Crippen molar-refractivity contribution < 1.29 is 9.63 Å². The van der Waals surface area contributed by atoms with Gasteiger partial charge in [0.2, 0.25) is 5.91 Å². The van der Waals surface area contributed by atoms with E-state index in [1.54, 1.807) is 0 Å². The Morgan fingerprint density at radius 2 is 1.47 bits per heavy atom. The fourth-order valence-electron chi connectivity index (χ4n) is 2.14. The summed E-state index contributed by atoms with van der Waals surface area (Å²) in [5.41, 5.74) is 4.63. The Bertz CT molecular complexity index is 471. The lowest BCUT2D eigenvalue weighted by atomic mass is 9.88. The molecule has 19 heavy (non-hydrogen) atoms. The molecule has 3 heteroatoms. The van der Waals surface area contributed by atoms with Crippen molar-refractivity contribution in [2.75, 3.05) is 7.11 Å². The first kappa shape index (κ1) is 13.3. The molecular formula is C16H17NO2. The van der Waals surface area contributed by atoms with E-state index in [4.69, 9.17) is 0 Å². The third-order valence-electron chi connectivity index (χ3n) is 3.01. The second kappa shape index (κ2) is 6.71. The van der Waals surface area contributed by atoms with Crippen LogP contribution in [0.2, 0.25) is 0 Å². The fourth-order valence-corrected chi connectivity index (χ4v) is 2.14. The number of rotatable bonds is 5. The fraction of sp³-hybridized carbons (Fsp3) is 0.188. The lowest BCUT2D eigenvalue weighted by Gasteiger charge is -2.17. The summed E-state index contributed by atoms with van der Waals surface area (Å²) in [4.78, 5) is 16.4. The van der Waals surface area contributed by atoms with Gasteiger partial charge in [-0.1, -0.05) is 60.7 Å². The molecule has 0 fully saturated rings. The summed E-state index contributed by atoms with van der Waals surface area (Å²) >= 11 is 0. The molecule has 0 heterocycles. The summed E-state index contributed by atoms with van der Waals surface area (Å²) in [7, 11) is 1.44. The molecule has 2 aromatic rings. The van der Waals surface area contributed by atoms with Crippen LogP contribution in [0.4, 0.5) is 0 Å². The second-order valence-electron chi connectivity index (χ2n) is 4.31. The monoisotopic (exact) mass is 255 g/mol. The summed E-state index contributed by atoms with van der Waals surface area (Å²) in [5.74, 6) is -0.0854. The van der Waals surface area contributed by atoms with Crippen molar-refractivity contribution >= 4 is 5.91 Å². The van der Waals surface area contributed by atoms with Gasteiger partial charge in [0.1, 0.15) is 0 Å². The zero-order valence-corrected chi connectivity index (χ0v) is 10.9. The average Bonchev–Trinajstić information content (AvgIpc) is 2.47. The van der Waals surface area contributed by atoms with Crippen LogP contribution < -0.4 is 5.48 Å². The number of carbonyl (C=O) groups excluding carboxylic acids is 1. The summed E-state index contributed by atoms with van der Waals surface area (Å²) < 4.78 is 0. The van der Waals surface area contributed by atoms with Gasteiger partial charge in [-0.25, -0.2) is 5.48 Å². The van der Waals surface area contributed by atoms with Crippen molar-refractivity contribution in [3.8, 4) is 0 Å². The number of amides is 1. The molecular weight excluding hydrogens is 238 g/mol. The minimum Gasteiger partial charge on any atom is -0.277 e. The van der Waals surface area contributed by atoms with Crippen molar-refractivity contribution in [2.24, 2.45) is 0 Å². The molecule has 2 aromatic carbocycles. The van der Waals surface area contributed by atoms with Gasteiger partial charge in [-0.05, 0) is 11.1 Å². The van der Waals surface area contributed by atoms with E-state index in [0.717, 1.165) is 11.1 Å². The molecule has 3 nitrogen and oxygen atoms in total. The topological polar surface area (TPSA) is 38.3 Å². The third-order valence-corrected chi connectivity index (χ3v) is 3.01. The predicted molar refractivity (Wildman–Crippen MR) is 74.5 cm³/mol. The molecule has 0 atom stereocenters. The lowest BCUT2D eigenvalue weighted by Crippen LogP contribution is -2.24. The molecule has 0 bridgehead atoms. The molecule has 1 amide bonds. The maximum atomic E-state index is 11.8. The van der Waals surface area contributed by atoms with Crippen LogP contribution in [0.5, 0.6) is 0 Å². The predicted octanol–water partition coefficient (Wildman–Crippen LogP) is 2.89. The highest BCUT2D eigenvalue weighted by atomic mass is 16.6. The zero-order valence-electron chi connectivity index (χ0n) is 10.9. The molecule has 0 aliphatic rings. The van der Waals surface area contributed by atoms with Crippen LogP contribution in [-0.4, -0.2) is 13.0 Å². The highest BCUT2D eigenvalue weighted by Gasteiger charge is 2.17. The number of hydrogen-bond acceptors (Lipinski definition) is 2. The number of benzene rings is 2. The van der Waals surface area contributed by atoms with Crippen LogP contribution in [0.1, 0.15) is 23.5 Å². The Kier molecular flexibility index (Phi) is 4.70. The van der Waals surface area contributed by atoms with E-state index < -0.39 is 0 Å². The molecule has 0 radical (unpaired) electrons. The van der Waals surface area contributed by atoms with Crippen molar-refractivity contribution in [3.63, 3.8) is 0 Å². The van der Waals surface area contributed by atoms with Crippen LogP contribution in [0, 0.1) is 0 Å². The van der Waals surface area contributed by atoms with Crippen LogP contribution in [0.15, 0.2) is 60.7 Å². The summed E-state index contributed by atoms with van der Waals surface area (Å²) in [5, 5.41) is 0. The number of nitrogens with one attached hydrogen (secondary N) is 1.